The second-order valence-corrected chi connectivity index (χ2v) is 6.75. The summed E-state index contributed by atoms with van der Waals surface area (Å²) in [6.45, 7) is 2.02. The molecule has 0 aliphatic heterocycles. The quantitative estimate of drug-likeness (QED) is 0.735. The molecule has 1 unspecified atom stereocenters. The van der Waals surface area contributed by atoms with Crippen LogP contribution in [0.5, 0.6) is 0 Å². The lowest BCUT2D eigenvalue weighted by Crippen LogP contribution is -2.27. The number of aromatic amines is 1. The van der Waals surface area contributed by atoms with Crippen LogP contribution in [0.1, 0.15) is 23.7 Å². The first-order valence-corrected chi connectivity index (χ1v) is 7.49. The van der Waals surface area contributed by atoms with Crippen LogP contribution in [0.15, 0.2) is 22.7 Å². The topological polar surface area (TPSA) is 114 Å². The SMILES string of the molecule is CC(NS(=O)(=O)c1ccc(CN)s1)c1ncn[nH]1. The minimum absolute atomic E-state index is 0.245. The van der Waals surface area contributed by atoms with Crippen molar-refractivity contribution in [3.63, 3.8) is 0 Å². The highest BCUT2D eigenvalue weighted by molar-refractivity contribution is 7.91. The highest BCUT2D eigenvalue weighted by atomic mass is 32.2. The molecule has 0 radical (unpaired) electrons. The summed E-state index contributed by atoms with van der Waals surface area (Å²) in [5.74, 6) is 0.467. The van der Waals surface area contributed by atoms with Gasteiger partial charge in [-0.2, -0.15) is 5.10 Å². The molecule has 9 heteroatoms. The standard InChI is InChI=1S/C9H13N5O2S2/c1-6(9-11-5-12-13-9)14-18(15,16)8-3-2-7(4-10)17-8/h2-3,5-6,14H,4,10H2,1H3,(H,11,12,13). The van der Waals surface area contributed by atoms with E-state index in [1.807, 2.05) is 0 Å². The van der Waals surface area contributed by atoms with Crippen LogP contribution in [0, 0.1) is 0 Å². The number of hydrogen-bond donors (Lipinski definition) is 3. The van der Waals surface area contributed by atoms with Gasteiger partial charge in [-0.25, -0.2) is 18.1 Å². The fourth-order valence-electron chi connectivity index (χ4n) is 1.38. The Labute approximate surface area is 108 Å². The van der Waals surface area contributed by atoms with Gasteiger partial charge >= 0.3 is 0 Å². The normalized spacial score (nSPS) is 13.7. The van der Waals surface area contributed by atoms with Crippen LogP contribution in [0.25, 0.3) is 0 Å². The molecule has 1 atom stereocenters. The Morgan fingerprint density at radius 1 is 1.56 bits per heavy atom. The van der Waals surface area contributed by atoms with Crippen molar-refractivity contribution in [3.05, 3.63) is 29.2 Å². The van der Waals surface area contributed by atoms with Crippen LogP contribution in [0.3, 0.4) is 0 Å². The van der Waals surface area contributed by atoms with E-state index in [-0.39, 0.29) is 4.21 Å². The van der Waals surface area contributed by atoms with Gasteiger partial charge in [-0.05, 0) is 19.1 Å². The number of nitrogens with zero attached hydrogens (tertiary/aromatic N) is 2. The molecule has 0 aliphatic rings. The van der Waals surface area contributed by atoms with E-state index in [2.05, 4.69) is 19.9 Å². The van der Waals surface area contributed by atoms with Crippen LogP contribution in [-0.2, 0) is 16.6 Å². The van der Waals surface area contributed by atoms with Gasteiger partial charge in [0.15, 0.2) is 0 Å². The molecule has 2 aromatic heterocycles. The van der Waals surface area contributed by atoms with E-state index in [9.17, 15) is 8.42 Å². The van der Waals surface area contributed by atoms with Gasteiger partial charge in [-0.15, -0.1) is 11.3 Å². The van der Waals surface area contributed by atoms with Crippen molar-refractivity contribution in [1.29, 1.82) is 0 Å². The van der Waals surface area contributed by atoms with E-state index >= 15 is 0 Å². The lowest BCUT2D eigenvalue weighted by molar-refractivity contribution is 0.562. The van der Waals surface area contributed by atoms with Gasteiger partial charge in [0.1, 0.15) is 16.4 Å². The summed E-state index contributed by atoms with van der Waals surface area (Å²) in [5, 5.41) is 6.30. The van der Waals surface area contributed by atoms with Gasteiger partial charge in [0.25, 0.3) is 10.0 Å². The molecule has 4 N–H and O–H groups in total. The molecular formula is C9H13N5O2S2. The molecule has 0 saturated heterocycles. The van der Waals surface area contributed by atoms with Gasteiger partial charge in [0.2, 0.25) is 0 Å². The minimum atomic E-state index is -3.55. The van der Waals surface area contributed by atoms with Crippen LogP contribution in [0.2, 0.25) is 0 Å². The molecule has 0 spiro atoms. The van der Waals surface area contributed by atoms with Gasteiger partial charge in [-0.1, -0.05) is 0 Å². The Morgan fingerprint density at radius 2 is 2.33 bits per heavy atom. The minimum Gasteiger partial charge on any atom is -0.326 e. The average molecular weight is 287 g/mol. The van der Waals surface area contributed by atoms with Gasteiger partial charge < -0.3 is 5.73 Å². The van der Waals surface area contributed by atoms with Crippen LogP contribution < -0.4 is 10.5 Å². The zero-order valence-corrected chi connectivity index (χ0v) is 11.3. The monoisotopic (exact) mass is 287 g/mol. The lowest BCUT2D eigenvalue weighted by Gasteiger charge is -2.10. The molecule has 0 aromatic carbocycles. The van der Waals surface area contributed by atoms with Crippen LogP contribution >= 0.6 is 11.3 Å². The molecular weight excluding hydrogens is 274 g/mol. The largest absolute Gasteiger partial charge is 0.326 e. The summed E-state index contributed by atoms with van der Waals surface area (Å²) in [7, 11) is -3.55. The highest BCUT2D eigenvalue weighted by Crippen LogP contribution is 2.22. The van der Waals surface area contributed by atoms with Crippen LogP contribution in [-0.4, -0.2) is 23.6 Å². The summed E-state index contributed by atoms with van der Waals surface area (Å²) in [5.41, 5.74) is 5.46. The predicted molar refractivity (Wildman–Crippen MR) is 67.3 cm³/mol. The molecule has 0 saturated carbocycles. The van der Waals surface area contributed by atoms with Crippen molar-refractivity contribution in [1.82, 2.24) is 19.9 Å². The average Bonchev–Trinajstić information content (AvgIpc) is 3.00. The van der Waals surface area contributed by atoms with Crippen LogP contribution in [0.4, 0.5) is 0 Å². The third-order valence-corrected chi connectivity index (χ3v) is 5.42. The number of hydrogen-bond acceptors (Lipinski definition) is 6. The fourth-order valence-corrected chi connectivity index (χ4v) is 3.84. The number of nitrogens with two attached hydrogens (primary N) is 1. The van der Waals surface area contributed by atoms with E-state index in [0.717, 1.165) is 16.2 Å². The van der Waals surface area contributed by atoms with E-state index in [1.165, 1.54) is 6.33 Å². The van der Waals surface area contributed by atoms with Crippen molar-refractivity contribution in [3.8, 4) is 0 Å². The number of H-pyrrole nitrogens is 1. The molecule has 2 heterocycles. The van der Waals surface area contributed by atoms with Crippen molar-refractivity contribution in [2.45, 2.75) is 23.7 Å². The smallest absolute Gasteiger partial charge is 0.250 e. The molecule has 0 fully saturated rings. The zero-order valence-electron chi connectivity index (χ0n) is 9.62. The molecule has 98 valence electrons. The molecule has 0 amide bonds. The second kappa shape index (κ2) is 5.14. The Kier molecular flexibility index (Phi) is 3.76. The number of sulfonamides is 1. The van der Waals surface area contributed by atoms with Crippen molar-refractivity contribution >= 4 is 21.4 Å². The Bertz CT molecular complexity index is 605. The van der Waals surface area contributed by atoms with Gasteiger partial charge in [0, 0.05) is 11.4 Å². The number of thiophene rings is 1. The van der Waals surface area contributed by atoms with E-state index in [1.54, 1.807) is 19.1 Å². The Hall–Kier alpha value is -1.29. The zero-order chi connectivity index (χ0) is 13.2. The maximum Gasteiger partial charge on any atom is 0.250 e. The Morgan fingerprint density at radius 3 is 2.89 bits per heavy atom. The van der Waals surface area contributed by atoms with E-state index < -0.39 is 16.1 Å². The molecule has 0 bridgehead atoms. The van der Waals surface area contributed by atoms with Crippen molar-refractivity contribution < 1.29 is 8.42 Å². The first-order valence-electron chi connectivity index (χ1n) is 5.19. The lowest BCUT2D eigenvalue weighted by atomic mass is 10.3. The molecule has 0 aliphatic carbocycles. The summed E-state index contributed by atoms with van der Waals surface area (Å²) in [6.07, 6.45) is 1.33. The van der Waals surface area contributed by atoms with Crippen molar-refractivity contribution in [2.75, 3.05) is 0 Å². The highest BCUT2D eigenvalue weighted by Gasteiger charge is 2.21. The molecule has 2 aromatic rings. The summed E-state index contributed by atoms with van der Waals surface area (Å²) < 4.78 is 26.9. The summed E-state index contributed by atoms with van der Waals surface area (Å²) in [6, 6.07) is 2.78. The van der Waals surface area contributed by atoms with Gasteiger partial charge in [-0.3, -0.25) is 5.10 Å². The molecule has 18 heavy (non-hydrogen) atoms. The number of nitrogens with one attached hydrogen (secondary N) is 2. The maximum absolute atomic E-state index is 12.1. The third kappa shape index (κ3) is 2.75. The summed E-state index contributed by atoms with van der Waals surface area (Å²) in [4.78, 5) is 4.73. The van der Waals surface area contributed by atoms with Gasteiger partial charge in [0.05, 0.1) is 6.04 Å². The Balaban J connectivity index is 2.17. The third-order valence-electron chi connectivity index (χ3n) is 2.28. The first-order chi connectivity index (χ1) is 8.53. The number of aromatic nitrogens is 3. The predicted octanol–water partition coefficient (Wildman–Crippen LogP) is 0.364. The van der Waals surface area contributed by atoms with E-state index in [4.69, 9.17) is 5.73 Å². The molecule has 7 nitrogen and oxygen atoms in total. The molecule has 2 rings (SSSR count). The first kappa shape index (κ1) is 13.1. The second-order valence-electron chi connectivity index (χ2n) is 3.64. The maximum atomic E-state index is 12.1. The summed E-state index contributed by atoms with van der Waals surface area (Å²) >= 11 is 1.16. The van der Waals surface area contributed by atoms with E-state index in [0.29, 0.717) is 12.4 Å². The van der Waals surface area contributed by atoms with Crippen molar-refractivity contribution in [2.24, 2.45) is 5.73 Å². The number of rotatable bonds is 5. The fraction of sp³-hybridized carbons (Fsp3) is 0.333.